The molecule has 1 aromatic carbocycles. The lowest BCUT2D eigenvalue weighted by Gasteiger charge is -2.24. The van der Waals surface area contributed by atoms with Gasteiger partial charge in [0.15, 0.2) is 6.29 Å². The second-order valence-corrected chi connectivity index (χ2v) is 5.47. The molecule has 0 saturated carbocycles. The van der Waals surface area contributed by atoms with E-state index in [1.54, 1.807) is 31.2 Å². The molecule has 1 aromatic rings. The van der Waals surface area contributed by atoms with E-state index in [2.05, 4.69) is 10.6 Å². The van der Waals surface area contributed by atoms with Crippen molar-refractivity contribution >= 4 is 11.9 Å². The first-order valence-corrected chi connectivity index (χ1v) is 7.10. The first-order chi connectivity index (χ1) is 10.1. The van der Waals surface area contributed by atoms with Gasteiger partial charge < -0.3 is 14.8 Å². The van der Waals surface area contributed by atoms with Crippen molar-refractivity contribution in [3.63, 3.8) is 0 Å². The zero-order valence-electron chi connectivity index (χ0n) is 11.8. The summed E-state index contributed by atoms with van der Waals surface area (Å²) >= 11 is 0. The highest BCUT2D eigenvalue weighted by atomic mass is 16.7. The summed E-state index contributed by atoms with van der Waals surface area (Å²) in [5.74, 6) is 0.343. The van der Waals surface area contributed by atoms with Crippen LogP contribution in [0.5, 0.6) is 5.75 Å². The summed E-state index contributed by atoms with van der Waals surface area (Å²) in [7, 11) is 0. The SMILES string of the molecule is C[C@@]1(c2ccc(OC3CCCCO3)cc2)NC(=O)NC1=O. The Morgan fingerprint density at radius 1 is 1.24 bits per heavy atom. The van der Waals surface area contributed by atoms with Gasteiger partial charge in [-0.2, -0.15) is 0 Å². The summed E-state index contributed by atoms with van der Waals surface area (Å²) in [5.41, 5.74) is -0.320. The Morgan fingerprint density at radius 2 is 2.00 bits per heavy atom. The molecule has 0 spiro atoms. The number of hydrogen-bond acceptors (Lipinski definition) is 4. The molecule has 2 aliphatic heterocycles. The summed E-state index contributed by atoms with van der Waals surface area (Å²) in [5, 5.41) is 4.88. The van der Waals surface area contributed by atoms with Crippen LogP contribution in [-0.2, 0) is 15.1 Å². The van der Waals surface area contributed by atoms with Crippen LogP contribution in [0, 0.1) is 0 Å². The molecule has 21 heavy (non-hydrogen) atoms. The van der Waals surface area contributed by atoms with Gasteiger partial charge in [0.25, 0.3) is 5.91 Å². The number of imide groups is 1. The van der Waals surface area contributed by atoms with E-state index in [1.165, 1.54) is 0 Å². The number of carbonyl (C=O) groups is 2. The molecule has 0 aromatic heterocycles. The van der Waals surface area contributed by atoms with Crippen molar-refractivity contribution in [2.45, 2.75) is 38.0 Å². The van der Waals surface area contributed by atoms with Gasteiger partial charge in [0.05, 0.1) is 6.61 Å². The van der Waals surface area contributed by atoms with Crippen molar-refractivity contribution < 1.29 is 19.1 Å². The summed E-state index contributed by atoms with van der Waals surface area (Å²) in [6.45, 7) is 2.40. The van der Waals surface area contributed by atoms with Gasteiger partial charge in [-0.25, -0.2) is 4.79 Å². The first-order valence-electron chi connectivity index (χ1n) is 7.10. The van der Waals surface area contributed by atoms with E-state index >= 15 is 0 Å². The second-order valence-electron chi connectivity index (χ2n) is 5.47. The lowest BCUT2D eigenvalue weighted by molar-refractivity contribution is -0.123. The molecule has 2 atom stereocenters. The lowest BCUT2D eigenvalue weighted by atomic mass is 9.92. The highest BCUT2D eigenvalue weighted by molar-refractivity contribution is 6.07. The number of ether oxygens (including phenoxy) is 2. The number of urea groups is 1. The maximum Gasteiger partial charge on any atom is 0.322 e. The summed E-state index contributed by atoms with van der Waals surface area (Å²) in [4.78, 5) is 23.2. The Balaban J connectivity index is 1.72. The number of amides is 3. The van der Waals surface area contributed by atoms with Gasteiger partial charge in [0, 0.05) is 6.42 Å². The molecular weight excluding hydrogens is 272 g/mol. The molecule has 0 bridgehead atoms. The summed E-state index contributed by atoms with van der Waals surface area (Å²) in [6, 6.07) is 6.66. The van der Waals surface area contributed by atoms with E-state index in [4.69, 9.17) is 9.47 Å². The first kappa shape index (κ1) is 13.9. The van der Waals surface area contributed by atoms with Crippen LogP contribution < -0.4 is 15.4 Å². The molecule has 6 heteroatoms. The highest BCUT2D eigenvalue weighted by Gasteiger charge is 2.43. The number of carbonyl (C=O) groups excluding carboxylic acids is 2. The van der Waals surface area contributed by atoms with Crippen LogP contribution in [0.15, 0.2) is 24.3 Å². The van der Waals surface area contributed by atoms with E-state index in [1.807, 2.05) is 0 Å². The Hall–Kier alpha value is -2.08. The van der Waals surface area contributed by atoms with Crippen LogP contribution in [0.4, 0.5) is 4.79 Å². The quantitative estimate of drug-likeness (QED) is 0.830. The van der Waals surface area contributed by atoms with Gasteiger partial charge in [-0.1, -0.05) is 12.1 Å². The molecule has 2 saturated heterocycles. The molecule has 112 valence electrons. The Labute approximate surface area is 122 Å². The zero-order chi connectivity index (χ0) is 14.9. The molecule has 2 N–H and O–H groups in total. The smallest absolute Gasteiger partial charge is 0.322 e. The van der Waals surface area contributed by atoms with E-state index in [9.17, 15) is 9.59 Å². The average molecular weight is 290 g/mol. The van der Waals surface area contributed by atoms with Gasteiger partial charge in [-0.3, -0.25) is 10.1 Å². The third-order valence-corrected chi connectivity index (χ3v) is 3.88. The average Bonchev–Trinajstić information content (AvgIpc) is 2.74. The number of benzene rings is 1. The molecule has 3 rings (SSSR count). The third kappa shape index (κ3) is 2.71. The molecule has 2 aliphatic rings. The largest absolute Gasteiger partial charge is 0.465 e. The van der Waals surface area contributed by atoms with Gasteiger partial charge in [-0.05, 0) is 37.5 Å². The molecule has 2 fully saturated rings. The fourth-order valence-corrected chi connectivity index (χ4v) is 2.57. The summed E-state index contributed by atoms with van der Waals surface area (Å²) in [6.07, 6.45) is 2.87. The van der Waals surface area contributed by atoms with E-state index < -0.39 is 11.6 Å². The van der Waals surface area contributed by atoms with Crippen molar-refractivity contribution in [2.75, 3.05) is 6.61 Å². The lowest BCUT2D eigenvalue weighted by Crippen LogP contribution is -2.40. The molecule has 2 heterocycles. The van der Waals surface area contributed by atoms with E-state index in [0.29, 0.717) is 11.3 Å². The molecule has 3 amide bonds. The van der Waals surface area contributed by atoms with E-state index in [0.717, 1.165) is 25.9 Å². The second kappa shape index (κ2) is 5.37. The zero-order valence-corrected chi connectivity index (χ0v) is 11.8. The Kier molecular flexibility index (Phi) is 3.55. The molecule has 1 unspecified atom stereocenters. The normalized spacial score (nSPS) is 28.9. The minimum atomic E-state index is -1.03. The van der Waals surface area contributed by atoms with Crippen molar-refractivity contribution in [1.29, 1.82) is 0 Å². The summed E-state index contributed by atoms with van der Waals surface area (Å²) < 4.78 is 11.3. The van der Waals surface area contributed by atoms with Crippen LogP contribution in [0.25, 0.3) is 0 Å². The monoisotopic (exact) mass is 290 g/mol. The van der Waals surface area contributed by atoms with Gasteiger partial charge >= 0.3 is 6.03 Å². The fraction of sp³-hybridized carbons (Fsp3) is 0.467. The highest BCUT2D eigenvalue weighted by Crippen LogP contribution is 2.27. The molecule has 6 nitrogen and oxygen atoms in total. The predicted molar refractivity (Wildman–Crippen MR) is 74.7 cm³/mol. The molecule has 0 radical (unpaired) electrons. The molecular formula is C15H18N2O4. The Morgan fingerprint density at radius 3 is 2.57 bits per heavy atom. The maximum atomic E-state index is 11.9. The van der Waals surface area contributed by atoms with Crippen LogP contribution >= 0.6 is 0 Å². The van der Waals surface area contributed by atoms with Gasteiger partial charge in [-0.15, -0.1) is 0 Å². The standard InChI is InChI=1S/C15H18N2O4/c1-15(13(18)16-14(19)17-15)10-5-7-11(8-6-10)21-12-4-2-3-9-20-12/h5-8,12H,2-4,9H2,1H3,(H2,16,17,18,19)/t12?,15-/m0/s1. The minimum Gasteiger partial charge on any atom is -0.465 e. The minimum absolute atomic E-state index is 0.199. The van der Waals surface area contributed by atoms with Gasteiger partial charge in [0.1, 0.15) is 11.3 Å². The number of hydrogen-bond donors (Lipinski definition) is 2. The van der Waals surface area contributed by atoms with Crippen molar-refractivity contribution in [1.82, 2.24) is 10.6 Å². The van der Waals surface area contributed by atoms with Crippen LogP contribution in [0.3, 0.4) is 0 Å². The number of nitrogens with one attached hydrogen (secondary N) is 2. The maximum absolute atomic E-state index is 11.9. The Bertz CT molecular complexity index is 551. The van der Waals surface area contributed by atoms with Crippen LogP contribution in [0.2, 0.25) is 0 Å². The third-order valence-electron chi connectivity index (χ3n) is 3.88. The van der Waals surface area contributed by atoms with Crippen LogP contribution in [-0.4, -0.2) is 24.8 Å². The topological polar surface area (TPSA) is 76.7 Å². The fourth-order valence-electron chi connectivity index (χ4n) is 2.57. The van der Waals surface area contributed by atoms with E-state index in [-0.39, 0.29) is 12.2 Å². The van der Waals surface area contributed by atoms with Crippen molar-refractivity contribution in [3.8, 4) is 5.75 Å². The predicted octanol–water partition coefficient (Wildman–Crippen LogP) is 1.65. The van der Waals surface area contributed by atoms with Crippen molar-refractivity contribution in [2.24, 2.45) is 0 Å². The van der Waals surface area contributed by atoms with Crippen LogP contribution in [0.1, 0.15) is 31.7 Å². The molecule has 0 aliphatic carbocycles. The van der Waals surface area contributed by atoms with Gasteiger partial charge in [0.2, 0.25) is 0 Å². The van der Waals surface area contributed by atoms with Crippen molar-refractivity contribution in [3.05, 3.63) is 29.8 Å². The number of rotatable bonds is 3.